The lowest BCUT2D eigenvalue weighted by Gasteiger charge is -2.26. The van der Waals surface area contributed by atoms with Crippen LogP contribution in [0.1, 0.15) is 36.1 Å². The molecule has 0 aromatic heterocycles. The van der Waals surface area contributed by atoms with E-state index in [1.54, 1.807) is 0 Å². The number of ether oxygens (including phenoxy) is 2. The lowest BCUT2D eigenvalue weighted by Crippen LogP contribution is -2.18. The van der Waals surface area contributed by atoms with E-state index < -0.39 is 0 Å². The third-order valence-corrected chi connectivity index (χ3v) is 5.84. The van der Waals surface area contributed by atoms with Crippen molar-refractivity contribution in [2.24, 2.45) is 0 Å². The molecular formula is C29H28O2. The Balaban J connectivity index is 1.48. The molecule has 0 heterocycles. The van der Waals surface area contributed by atoms with Gasteiger partial charge in [-0.1, -0.05) is 62.4 Å². The highest BCUT2D eigenvalue weighted by atomic mass is 16.5. The van der Waals surface area contributed by atoms with E-state index in [9.17, 15) is 0 Å². The Labute approximate surface area is 185 Å². The van der Waals surface area contributed by atoms with Crippen LogP contribution in [-0.4, -0.2) is 0 Å². The third kappa shape index (κ3) is 4.80. The van der Waals surface area contributed by atoms with Crippen LogP contribution < -0.4 is 9.47 Å². The summed E-state index contributed by atoms with van der Waals surface area (Å²) < 4.78 is 12.0. The van der Waals surface area contributed by atoms with E-state index in [0.29, 0.717) is 0 Å². The topological polar surface area (TPSA) is 18.5 Å². The average molecular weight is 409 g/mol. The van der Waals surface area contributed by atoms with Gasteiger partial charge in [0.1, 0.15) is 23.0 Å². The molecule has 31 heavy (non-hydrogen) atoms. The van der Waals surface area contributed by atoms with E-state index in [0.717, 1.165) is 23.0 Å². The molecule has 0 saturated heterocycles. The molecule has 2 heteroatoms. The molecule has 4 rings (SSSR count). The van der Waals surface area contributed by atoms with Gasteiger partial charge in [0, 0.05) is 5.41 Å². The molecule has 0 radical (unpaired) electrons. The molecule has 0 unspecified atom stereocenters. The maximum absolute atomic E-state index is 6.04. The lowest BCUT2D eigenvalue weighted by molar-refractivity contribution is 0.481. The molecule has 0 aliphatic carbocycles. The van der Waals surface area contributed by atoms with E-state index in [1.807, 2.05) is 60.7 Å². The van der Waals surface area contributed by atoms with Crippen molar-refractivity contribution in [1.29, 1.82) is 0 Å². The smallest absolute Gasteiger partial charge is 0.127 e. The maximum atomic E-state index is 6.04. The predicted molar refractivity (Wildman–Crippen MR) is 128 cm³/mol. The van der Waals surface area contributed by atoms with Crippen molar-refractivity contribution < 1.29 is 9.47 Å². The van der Waals surface area contributed by atoms with Gasteiger partial charge in [0.25, 0.3) is 0 Å². The molecule has 0 N–H and O–H groups in total. The Morgan fingerprint density at radius 1 is 0.484 bits per heavy atom. The second kappa shape index (κ2) is 8.69. The fourth-order valence-electron chi connectivity index (χ4n) is 3.58. The summed E-state index contributed by atoms with van der Waals surface area (Å²) in [4.78, 5) is 0. The first-order valence-corrected chi connectivity index (χ1v) is 10.6. The van der Waals surface area contributed by atoms with Gasteiger partial charge in [-0.2, -0.15) is 0 Å². The average Bonchev–Trinajstić information content (AvgIpc) is 2.78. The first-order chi connectivity index (χ1) is 14.9. The van der Waals surface area contributed by atoms with Crippen molar-refractivity contribution in [1.82, 2.24) is 0 Å². The largest absolute Gasteiger partial charge is 0.457 e. The van der Waals surface area contributed by atoms with Crippen molar-refractivity contribution in [3.8, 4) is 23.0 Å². The van der Waals surface area contributed by atoms with Gasteiger partial charge in [0.2, 0.25) is 0 Å². The van der Waals surface area contributed by atoms with Gasteiger partial charge in [-0.05, 0) is 84.6 Å². The zero-order valence-electron chi connectivity index (χ0n) is 18.6. The third-order valence-electron chi connectivity index (χ3n) is 5.84. The van der Waals surface area contributed by atoms with Crippen LogP contribution in [0, 0.1) is 13.8 Å². The molecule has 0 aliphatic rings. The summed E-state index contributed by atoms with van der Waals surface area (Å²) >= 11 is 0. The van der Waals surface area contributed by atoms with Crippen LogP contribution >= 0.6 is 0 Å². The van der Waals surface area contributed by atoms with Crippen LogP contribution in [-0.2, 0) is 5.41 Å². The predicted octanol–water partition coefficient (Wildman–Crippen LogP) is 8.21. The highest BCUT2D eigenvalue weighted by Gasteiger charge is 2.23. The number of benzene rings is 4. The molecule has 0 saturated carbocycles. The summed E-state index contributed by atoms with van der Waals surface area (Å²) in [6.45, 7) is 8.68. The Morgan fingerprint density at radius 2 is 0.935 bits per heavy atom. The minimum atomic E-state index is -0.135. The molecular weight excluding hydrogens is 380 g/mol. The summed E-state index contributed by atoms with van der Waals surface area (Å²) in [5, 5.41) is 0. The first kappa shape index (κ1) is 20.7. The number of para-hydroxylation sites is 1. The summed E-state index contributed by atoms with van der Waals surface area (Å²) in [5.74, 6) is 3.38. The summed E-state index contributed by atoms with van der Waals surface area (Å²) in [6.07, 6.45) is 0. The molecule has 0 amide bonds. The van der Waals surface area contributed by atoms with Gasteiger partial charge in [0.15, 0.2) is 0 Å². The summed E-state index contributed by atoms with van der Waals surface area (Å²) in [6, 6.07) is 32.7. The van der Waals surface area contributed by atoms with Gasteiger partial charge in [-0.25, -0.2) is 0 Å². The minimum Gasteiger partial charge on any atom is -0.457 e. The monoisotopic (exact) mass is 408 g/mol. The number of rotatable bonds is 6. The summed E-state index contributed by atoms with van der Waals surface area (Å²) in [5.41, 5.74) is 4.83. The van der Waals surface area contributed by atoms with Crippen LogP contribution in [0.5, 0.6) is 23.0 Å². The number of hydrogen-bond donors (Lipinski definition) is 0. The van der Waals surface area contributed by atoms with E-state index >= 15 is 0 Å². The van der Waals surface area contributed by atoms with Gasteiger partial charge in [-0.3, -0.25) is 0 Å². The van der Waals surface area contributed by atoms with Crippen LogP contribution in [0.2, 0.25) is 0 Å². The fourth-order valence-corrected chi connectivity index (χ4v) is 3.58. The maximum Gasteiger partial charge on any atom is 0.127 e. The van der Waals surface area contributed by atoms with Crippen LogP contribution in [0.4, 0.5) is 0 Å². The standard InChI is InChI=1S/C29H28O2/c1-21-10-15-28(20-22(21)2)31-27-18-13-24(14-19-27)29(3,4)23-11-16-26(17-12-23)30-25-8-6-5-7-9-25/h5-20H,1-4H3. The normalized spacial score (nSPS) is 11.2. The molecule has 0 bridgehead atoms. The SMILES string of the molecule is Cc1ccc(Oc2ccc(C(C)(C)c3ccc(Oc4ccccc4)cc3)cc2)cc1C. The molecule has 0 atom stereocenters. The Kier molecular flexibility index (Phi) is 5.81. The highest BCUT2D eigenvalue weighted by molar-refractivity contribution is 5.44. The quantitative estimate of drug-likeness (QED) is 0.320. The van der Waals surface area contributed by atoms with E-state index in [4.69, 9.17) is 9.47 Å². The van der Waals surface area contributed by atoms with Crippen LogP contribution in [0.3, 0.4) is 0 Å². The molecule has 156 valence electrons. The molecule has 4 aromatic carbocycles. The van der Waals surface area contributed by atoms with E-state index in [-0.39, 0.29) is 5.41 Å². The number of hydrogen-bond acceptors (Lipinski definition) is 2. The Bertz CT molecular complexity index is 1140. The van der Waals surface area contributed by atoms with Crippen LogP contribution in [0.15, 0.2) is 97.1 Å². The van der Waals surface area contributed by atoms with Crippen molar-refractivity contribution in [2.45, 2.75) is 33.1 Å². The fraction of sp³-hybridized carbons (Fsp3) is 0.172. The molecule has 4 aromatic rings. The second-order valence-corrected chi connectivity index (χ2v) is 8.44. The van der Waals surface area contributed by atoms with Gasteiger partial charge >= 0.3 is 0 Å². The molecule has 0 aliphatic heterocycles. The molecule has 2 nitrogen and oxygen atoms in total. The Hall–Kier alpha value is -3.52. The van der Waals surface area contributed by atoms with Crippen molar-refractivity contribution in [2.75, 3.05) is 0 Å². The Morgan fingerprint density at radius 3 is 1.45 bits per heavy atom. The van der Waals surface area contributed by atoms with Crippen molar-refractivity contribution in [3.63, 3.8) is 0 Å². The minimum absolute atomic E-state index is 0.135. The van der Waals surface area contributed by atoms with Gasteiger partial charge in [0.05, 0.1) is 0 Å². The second-order valence-electron chi connectivity index (χ2n) is 8.44. The zero-order chi connectivity index (χ0) is 21.8. The lowest BCUT2D eigenvalue weighted by atomic mass is 9.78. The molecule has 0 spiro atoms. The molecule has 0 fully saturated rings. The first-order valence-electron chi connectivity index (χ1n) is 10.6. The van der Waals surface area contributed by atoms with Crippen molar-refractivity contribution >= 4 is 0 Å². The van der Waals surface area contributed by atoms with Crippen LogP contribution in [0.25, 0.3) is 0 Å². The van der Waals surface area contributed by atoms with Gasteiger partial charge < -0.3 is 9.47 Å². The van der Waals surface area contributed by atoms with E-state index in [1.165, 1.54) is 22.3 Å². The van der Waals surface area contributed by atoms with Crippen molar-refractivity contribution in [3.05, 3.63) is 119 Å². The van der Waals surface area contributed by atoms with Gasteiger partial charge in [-0.15, -0.1) is 0 Å². The number of aryl methyl sites for hydroxylation is 2. The summed E-state index contributed by atoms with van der Waals surface area (Å²) in [7, 11) is 0. The van der Waals surface area contributed by atoms with E-state index in [2.05, 4.69) is 64.1 Å². The zero-order valence-corrected chi connectivity index (χ0v) is 18.6. The highest BCUT2D eigenvalue weighted by Crippen LogP contribution is 2.34.